The molecular weight excluding hydrogens is 318 g/mol. The van der Waals surface area contributed by atoms with Crippen LogP contribution >= 0.6 is 11.8 Å². The van der Waals surface area contributed by atoms with Crippen molar-refractivity contribution >= 4 is 11.8 Å². The van der Waals surface area contributed by atoms with Gasteiger partial charge in [0, 0.05) is 35.8 Å². The number of pyridine rings is 1. The van der Waals surface area contributed by atoms with Crippen molar-refractivity contribution in [1.82, 2.24) is 19.7 Å². The minimum atomic E-state index is -0.547. The van der Waals surface area contributed by atoms with E-state index in [0.717, 1.165) is 5.56 Å². The lowest BCUT2D eigenvalue weighted by atomic mass is 10.2. The average Bonchev–Trinajstić information content (AvgIpc) is 2.98. The van der Waals surface area contributed by atoms with Crippen molar-refractivity contribution in [2.45, 2.75) is 24.4 Å². The van der Waals surface area contributed by atoms with Crippen molar-refractivity contribution in [1.29, 1.82) is 0 Å². The molecule has 0 bridgehead atoms. The van der Waals surface area contributed by atoms with Crippen LogP contribution in [-0.2, 0) is 12.3 Å². The molecule has 2 heterocycles. The first-order valence-corrected chi connectivity index (χ1v) is 8.08. The first-order chi connectivity index (χ1) is 11.2. The molecule has 0 N–H and O–H groups in total. The minimum Gasteiger partial charge on any atom is -0.302 e. The third-order valence-corrected chi connectivity index (χ3v) is 4.37. The lowest BCUT2D eigenvalue weighted by Crippen LogP contribution is -2.00. The first-order valence-electron chi connectivity index (χ1n) is 7.10. The van der Waals surface area contributed by atoms with Gasteiger partial charge < -0.3 is 4.57 Å². The zero-order valence-corrected chi connectivity index (χ0v) is 13.2. The van der Waals surface area contributed by atoms with Crippen LogP contribution in [-0.4, -0.2) is 19.7 Å². The molecule has 118 valence electrons. The number of aromatic nitrogens is 4. The molecule has 0 unspecified atom stereocenters. The summed E-state index contributed by atoms with van der Waals surface area (Å²) in [6, 6.07) is 7.56. The fourth-order valence-electron chi connectivity index (χ4n) is 2.20. The predicted molar refractivity (Wildman–Crippen MR) is 84.8 cm³/mol. The zero-order chi connectivity index (χ0) is 16.2. The summed E-state index contributed by atoms with van der Waals surface area (Å²) in [5.41, 5.74) is 0.951. The summed E-state index contributed by atoms with van der Waals surface area (Å²) in [5, 5.41) is 8.97. The van der Waals surface area contributed by atoms with Gasteiger partial charge in [-0.1, -0.05) is 17.8 Å². The van der Waals surface area contributed by atoms with Crippen LogP contribution in [0.25, 0.3) is 11.4 Å². The largest absolute Gasteiger partial charge is 0.302 e. The van der Waals surface area contributed by atoms with Crippen LogP contribution in [0.3, 0.4) is 0 Å². The third-order valence-electron chi connectivity index (χ3n) is 3.38. The number of hydrogen-bond acceptors (Lipinski definition) is 4. The van der Waals surface area contributed by atoms with Gasteiger partial charge in [0.05, 0.1) is 0 Å². The van der Waals surface area contributed by atoms with Gasteiger partial charge in [-0.3, -0.25) is 4.98 Å². The molecular formula is C16H14F2N4S. The summed E-state index contributed by atoms with van der Waals surface area (Å²) in [6.07, 6.45) is 3.37. The van der Waals surface area contributed by atoms with Crippen LogP contribution in [0.4, 0.5) is 8.78 Å². The Morgan fingerprint density at radius 1 is 1.04 bits per heavy atom. The number of nitrogens with zero attached hydrogens (tertiary/aromatic N) is 4. The molecule has 3 aromatic rings. The summed E-state index contributed by atoms with van der Waals surface area (Å²) in [4.78, 5) is 3.98. The maximum Gasteiger partial charge on any atom is 0.191 e. The molecule has 0 aliphatic heterocycles. The Balaban J connectivity index is 1.86. The SMILES string of the molecule is CCn1c(SCc2c(F)cccc2F)nnc1-c1ccncc1. The Kier molecular flexibility index (Phi) is 4.66. The van der Waals surface area contributed by atoms with Gasteiger partial charge in [-0.25, -0.2) is 8.78 Å². The fraction of sp³-hybridized carbons (Fsp3) is 0.188. The molecule has 0 amide bonds. The molecule has 0 saturated heterocycles. The highest BCUT2D eigenvalue weighted by Crippen LogP contribution is 2.27. The van der Waals surface area contributed by atoms with E-state index in [1.54, 1.807) is 12.4 Å². The number of benzene rings is 1. The molecule has 7 heteroatoms. The van der Waals surface area contributed by atoms with Crippen LogP contribution < -0.4 is 0 Å². The highest BCUT2D eigenvalue weighted by Gasteiger charge is 2.15. The van der Waals surface area contributed by atoms with E-state index in [1.807, 2.05) is 23.6 Å². The Labute approximate surface area is 136 Å². The molecule has 4 nitrogen and oxygen atoms in total. The van der Waals surface area contributed by atoms with E-state index in [9.17, 15) is 8.78 Å². The lowest BCUT2D eigenvalue weighted by molar-refractivity contribution is 0.566. The van der Waals surface area contributed by atoms with Gasteiger partial charge >= 0.3 is 0 Å². The van der Waals surface area contributed by atoms with E-state index in [-0.39, 0.29) is 11.3 Å². The van der Waals surface area contributed by atoms with Gasteiger partial charge in [-0.15, -0.1) is 10.2 Å². The maximum atomic E-state index is 13.7. The Bertz CT molecular complexity index is 785. The fourth-order valence-corrected chi connectivity index (χ4v) is 3.22. The molecule has 0 radical (unpaired) electrons. The van der Waals surface area contributed by atoms with Crippen molar-refractivity contribution in [3.05, 3.63) is 59.9 Å². The van der Waals surface area contributed by atoms with Crippen LogP contribution in [0, 0.1) is 11.6 Å². The van der Waals surface area contributed by atoms with Gasteiger partial charge in [-0.2, -0.15) is 0 Å². The number of hydrogen-bond donors (Lipinski definition) is 0. The van der Waals surface area contributed by atoms with Crippen molar-refractivity contribution in [2.24, 2.45) is 0 Å². The quantitative estimate of drug-likeness (QED) is 0.664. The summed E-state index contributed by atoms with van der Waals surface area (Å²) >= 11 is 1.26. The molecule has 3 rings (SSSR count). The van der Waals surface area contributed by atoms with Crippen molar-refractivity contribution < 1.29 is 8.78 Å². The van der Waals surface area contributed by atoms with Crippen molar-refractivity contribution in [2.75, 3.05) is 0 Å². The molecule has 0 aliphatic rings. The second-order valence-corrected chi connectivity index (χ2v) is 5.72. The third kappa shape index (κ3) is 3.24. The molecule has 1 aromatic carbocycles. The molecule has 0 spiro atoms. The number of thioether (sulfide) groups is 1. The van der Waals surface area contributed by atoms with E-state index in [4.69, 9.17) is 0 Å². The Hall–Kier alpha value is -2.28. The van der Waals surface area contributed by atoms with Gasteiger partial charge in [0.2, 0.25) is 0 Å². The second kappa shape index (κ2) is 6.87. The van der Waals surface area contributed by atoms with E-state index in [1.165, 1.54) is 30.0 Å². The van der Waals surface area contributed by atoms with Crippen molar-refractivity contribution in [3.8, 4) is 11.4 Å². The number of halogens is 2. The van der Waals surface area contributed by atoms with E-state index in [2.05, 4.69) is 15.2 Å². The topological polar surface area (TPSA) is 43.6 Å². The van der Waals surface area contributed by atoms with E-state index >= 15 is 0 Å². The monoisotopic (exact) mass is 332 g/mol. The Morgan fingerprint density at radius 3 is 2.39 bits per heavy atom. The number of rotatable bonds is 5. The predicted octanol–water partition coefficient (Wildman–Crippen LogP) is 3.93. The smallest absolute Gasteiger partial charge is 0.191 e. The first kappa shape index (κ1) is 15.6. The molecule has 23 heavy (non-hydrogen) atoms. The van der Waals surface area contributed by atoms with Crippen molar-refractivity contribution in [3.63, 3.8) is 0 Å². The Morgan fingerprint density at radius 2 is 1.74 bits per heavy atom. The maximum absolute atomic E-state index is 13.7. The van der Waals surface area contributed by atoms with Crippen LogP contribution in [0.1, 0.15) is 12.5 Å². The van der Waals surface area contributed by atoms with Gasteiger partial charge in [0.15, 0.2) is 11.0 Å². The summed E-state index contributed by atoms with van der Waals surface area (Å²) in [6.45, 7) is 2.63. The van der Waals surface area contributed by atoms with Gasteiger partial charge in [-0.05, 0) is 31.2 Å². The molecule has 0 aliphatic carbocycles. The second-order valence-electron chi connectivity index (χ2n) is 4.78. The van der Waals surface area contributed by atoms with Crippen LogP contribution in [0.2, 0.25) is 0 Å². The van der Waals surface area contributed by atoms with Gasteiger partial charge in [0.25, 0.3) is 0 Å². The summed E-state index contributed by atoms with van der Waals surface area (Å²) in [5.74, 6) is -0.220. The standard InChI is InChI=1S/C16H14F2N4S/c1-2-22-15(11-6-8-19-9-7-11)20-21-16(22)23-10-12-13(17)4-3-5-14(12)18/h3-9H,2,10H2,1H3. The highest BCUT2D eigenvalue weighted by atomic mass is 32.2. The summed E-state index contributed by atoms with van der Waals surface area (Å²) < 4.78 is 29.3. The molecule has 0 saturated carbocycles. The zero-order valence-electron chi connectivity index (χ0n) is 12.4. The van der Waals surface area contributed by atoms with Crippen LogP contribution in [0.5, 0.6) is 0 Å². The van der Waals surface area contributed by atoms with E-state index in [0.29, 0.717) is 17.5 Å². The summed E-state index contributed by atoms with van der Waals surface area (Å²) in [7, 11) is 0. The average molecular weight is 332 g/mol. The van der Waals surface area contributed by atoms with Gasteiger partial charge in [0.1, 0.15) is 11.6 Å². The highest BCUT2D eigenvalue weighted by molar-refractivity contribution is 7.98. The lowest BCUT2D eigenvalue weighted by Gasteiger charge is -2.08. The minimum absolute atomic E-state index is 0.0496. The normalized spacial score (nSPS) is 10.9. The molecule has 0 fully saturated rings. The molecule has 0 atom stereocenters. The van der Waals surface area contributed by atoms with E-state index < -0.39 is 11.6 Å². The molecule has 2 aromatic heterocycles. The van der Waals surface area contributed by atoms with Crippen LogP contribution in [0.15, 0.2) is 47.9 Å².